The second kappa shape index (κ2) is 4.74. The van der Waals surface area contributed by atoms with E-state index in [1.54, 1.807) is 13.0 Å². The molecule has 0 spiro atoms. The van der Waals surface area contributed by atoms with E-state index in [2.05, 4.69) is 15.9 Å². The molecule has 0 saturated heterocycles. The minimum Gasteiger partial charge on any atom is -0.368 e. The smallest absolute Gasteiger partial charge is 0.234 e. The van der Waals surface area contributed by atoms with Crippen LogP contribution in [0.15, 0.2) is 16.6 Å². The van der Waals surface area contributed by atoms with Gasteiger partial charge in [-0.2, -0.15) is 0 Å². The van der Waals surface area contributed by atoms with Gasteiger partial charge in [0.1, 0.15) is 5.82 Å². The van der Waals surface area contributed by atoms with Crippen molar-refractivity contribution in [2.75, 3.05) is 6.54 Å². The average molecular weight is 301 g/mol. The summed E-state index contributed by atoms with van der Waals surface area (Å²) in [6, 6.07) is 2.81. The second-order valence-corrected chi connectivity index (χ2v) is 5.14. The molecule has 1 aliphatic rings. The summed E-state index contributed by atoms with van der Waals surface area (Å²) in [5.74, 6) is -0.589. The van der Waals surface area contributed by atoms with E-state index in [0.717, 1.165) is 23.0 Å². The van der Waals surface area contributed by atoms with Crippen molar-refractivity contribution in [1.82, 2.24) is 4.90 Å². The quantitative estimate of drug-likeness (QED) is 0.905. The van der Waals surface area contributed by atoms with Gasteiger partial charge in [0.05, 0.1) is 6.04 Å². The molecule has 2 N–H and O–H groups in total. The maximum absolute atomic E-state index is 13.7. The lowest BCUT2D eigenvalue weighted by atomic mass is 9.98. The van der Waals surface area contributed by atoms with Crippen LogP contribution in [0.1, 0.15) is 18.1 Å². The van der Waals surface area contributed by atoms with Gasteiger partial charge >= 0.3 is 0 Å². The number of carbonyl (C=O) groups is 1. The maximum Gasteiger partial charge on any atom is 0.234 e. The molecule has 0 fully saturated rings. The zero-order valence-electron chi connectivity index (χ0n) is 9.54. The number of amides is 1. The molecule has 0 radical (unpaired) electrons. The van der Waals surface area contributed by atoms with E-state index in [0.29, 0.717) is 12.1 Å². The Morgan fingerprint density at radius 1 is 1.53 bits per heavy atom. The van der Waals surface area contributed by atoms with Crippen molar-refractivity contribution < 1.29 is 9.18 Å². The molecule has 0 bridgehead atoms. The van der Waals surface area contributed by atoms with E-state index in [9.17, 15) is 9.18 Å². The van der Waals surface area contributed by atoms with Gasteiger partial charge in [-0.25, -0.2) is 4.39 Å². The monoisotopic (exact) mass is 300 g/mol. The average Bonchev–Trinajstić information content (AvgIpc) is 2.32. The van der Waals surface area contributed by atoms with Gasteiger partial charge in [-0.3, -0.25) is 9.69 Å². The number of fused-ring (bicyclic) bond motifs is 1. The highest BCUT2D eigenvalue weighted by Gasteiger charge is 2.26. The van der Waals surface area contributed by atoms with Gasteiger partial charge in [-0.1, -0.05) is 15.9 Å². The zero-order chi connectivity index (χ0) is 12.6. The van der Waals surface area contributed by atoms with E-state index in [4.69, 9.17) is 5.73 Å². The molecule has 17 heavy (non-hydrogen) atoms. The number of hydrogen-bond acceptors (Lipinski definition) is 2. The third-order valence-electron chi connectivity index (χ3n) is 3.29. The van der Waals surface area contributed by atoms with E-state index >= 15 is 0 Å². The number of nitrogens with two attached hydrogens (primary N) is 1. The van der Waals surface area contributed by atoms with Crippen LogP contribution in [0.3, 0.4) is 0 Å². The standard InChI is InChI=1S/C12H14BrFN2O/c1-7(12(15)17)16-5-4-8-9(6-16)11(14)3-2-10(8)13/h2-3,7H,4-6H2,1H3,(H2,15,17)/t7-/m0/s1. The molecule has 1 aromatic carbocycles. The molecule has 0 aliphatic carbocycles. The van der Waals surface area contributed by atoms with E-state index in [1.807, 2.05) is 4.90 Å². The Morgan fingerprint density at radius 3 is 2.88 bits per heavy atom. The largest absolute Gasteiger partial charge is 0.368 e. The number of benzene rings is 1. The van der Waals surface area contributed by atoms with Crippen molar-refractivity contribution in [3.63, 3.8) is 0 Å². The van der Waals surface area contributed by atoms with E-state index in [-0.39, 0.29) is 17.8 Å². The Hall–Kier alpha value is -0.940. The summed E-state index contributed by atoms with van der Waals surface area (Å²) >= 11 is 3.43. The number of primary amides is 1. The summed E-state index contributed by atoms with van der Waals surface area (Å²) in [6.45, 7) is 2.91. The summed E-state index contributed by atoms with van der Waals surface area (Å²) in [5, 5.41) is 0. The first kappa shape index (κ1) is 12.5. The van der Waals surface area contributed by atoms with Crippen LogP contribution in [0, 0.1) is 5.82 Å². The number of halogens is 2. The van der Waals surface area contributed by atoms with Crippen LogP contribution in [0.2, 0.25) is 0 Å². The minimum atomic E-state index is -0.371. The highest BCUT2D eigenvalue weighted by atomic mass is 79.9. The van der Waals surface area contributed by atoms with E-state index in [1.165, 1.54) is 6.07 Å². The Kier molecular flexibility index (Phi) is 3.49. The van der Waals surface area contributed by atoms with Crippen LogP contribution in [-0.4, -0.2) is 23.4 Å². The molecule has 0 aromatic heterocycles. The molecule has 3 nitrogen and oxygen atoms in total. The van der Waals surface area contributed by atoms with Crippen molar-refractivity contribution in [1.29, 1.82) is 0 Å². The summed E-state index contributed by atoms with van der Waals surface area (Å²) in [7, 11) is 0. The lowest BCUT2D eigenvalue weighted by Crippen LogP contribution is -2.45. The normalized spacial score (nSPS) is 17.6. The number of rotatable bonds is 2. The van der Waals surface area contributed by atoms with Gasteiger partial charge < -0.3 is 5.73 Å². The van der Waals surface area contributed by atoms with Crippen LogP contribution >= 0.6 is 15.9 Å². The predicted octanol–water partition coefficient (Wildman–Crippen LogP) is 1.82. The Balaban J connectivity index is 2.30. The predicted molar refractivity (Wildman–Crippen MR) is 66.9 cm³/mol. The molecule has 2 rings (SSSR count). The molecule has 5 heteroatoms. The molecule has 1 heterocycles. The summed E-state index contributed by atoms with van der Waals surface area (Å²) in [4.78, 5) is 13.0. The third kappa shape index (κ3) is 2.35. The van der Waals surface area contributed by atoms with Gasteiger partial charge in [-0.05, 0) is 31.0 Å². The summed E-state index contributed by atoms with van der Waals surface area (Å²) in [6.07, 6.45) is 0.727. The lowest BCUT2D eigenvalue weighted by Gasteiger charge is -2.32. The van der Waals surface area contributed by atoms with Crippen LogP contribution < -0.4 is 5.73 Å². The van der Waals surface area contributed by atoms with Crippen LogP contribution in [0.4, 0.5) is 4.39 Å². The third-order valence-corrected chi connectivity index (χ3v) is 4.03. The SMILES string of the molecule is C[C@@H](C(N)=O)N1CCc2c(Br)ccc(F)c2C1. The summed E-state index contributed by atoms with van der Waals surface area (Å²) in [5.41, 5.74) is 6.93. The van der Waals surface area contributed by atoms with Gasteiger partial charge in [0, 0.05) is 23.1 Å². The highest BCUT2D eigenvalue weighted by molar-refractivity contribution is 9.10. The van der Waals surface area contributed by atoms with Crippen molar-refractivity contribution in [3.8, 4) is 0 Å². The first-order valence-electron chi connectivity index (χ1n) is 5.50. The Labute approximate surface area is 108 Å². The number of hydrogen-bond donors (Lipinski definition) is 1. The van der Waals surface area contributed by atoms with Gasteiger partial charge in [0.25, 0.3) is 0 Å². The fourth-order valence-corrected chi connectivity index (χ4v) is 2.69. The number of carbonyl (C=O) groups excluding carboxylic acids is 1. The van der Waals surface area contributed by atoms with Crippen molar-refractivity contribution in [2.24, 2.45) is 5.73 Å². The van der Waals surface area contributed by atoms with Gasteiger partial charge in [-0.15, -0.1) is 0 Å². The summed E-state index contributed by atoms with van der Waals surface area (Å²) < 4.78 is 14.7. The van der Waals surface area contributed by atoms with Crippen molar-refractivity contribution in [2.45, 2.75) is 25.9 Å². The fourth-order valence-electron chi connectivity index (χ4n) is 2.13. The Bertz CT molecular complexity index is 464. The Morgan fingerprint density at radius 2 is 2.24 bits per heavy atom. The van der Waals surface area contributed by atoms with Crippen molar-refractivity contribution >= 4 is 21.8 Å². The van der Waals surface area contributed by atoms with E-state index < -0.39 is 0 Å². The highest BCUT2D eigenvalue weighted by Crippen LogP contribution is 2.29. The first-order chi connectivity index (χ1) is 8.00. The van der Waals surface area contributed by atoms with Gasteiger partial charge in [0.15, 0.2) is 0 Å². The second-order valence-electron chi connectivity index (χ2n) is 4.29. The maximum atomic E-state index is 13.7. The molecular weight excluding hydrogens is 287 g/mol. The lowest BCUT2D eigenvalue weighted by molar-refractivity contribution is -0.123. The topological polar surface area (TPSA) is 46.3 Å². The first-order valence-corrected chi connectivity index (χ1v) is 6.29. The van der Waals surface area contributed by atoms with Crippen LogP contribution in [0.5, 0.6) is 0 Å². The minimum absolute atomic E-state index is 0.218. The van der Waals surface area contributed by atoms with Crippen LogP contribution in [0.25, 0.3) is 0 Å². The molecule has 0 unspecified atom stereocenters. The van der Waals surface area contributed by atoms with Crippen LogP contribution in [-0.2, 0) is 17.8 Å². The fraction of sp³-hybridized carbons (Fsp3) is 0.417. The van der Waals surface area contributed by atoms with Crippen molar-refractivity contribution in [3.05, 3.63) is 33.5 Å². The molecule has 1 atom stereocenters. The molecular formula is C12H14BrFN2O. The molecule has 1 amide bonds. The number of nitrogens with zero attached hydrogens (tertiary/aromatic N) is 1. The zero-order valence-corrected chi connectivity index (χ0v) is 11.1. The molecule has 92 valence electrons. The molecule has 1 aliphatic heterocycles. The molecule has 0 saturated carbocycles. The van der Waals surface area contributed by atoms with Gasteiger partial charge in [0.2, 0.25) is 5.91 Å². The molecule has 1 aromatic rings.